The van der Waals surface area contributed by atoms with Crippen molar-refractivity contribution in [3.05, 3.63) is 51.4 Å². The van der Waals surface area contributed by atoms with Gasteiger partial charge in [0.05, 0.1) is 18.1 Å². The van der Waals surface area contributed by atoms with Crippen molar-refractivity contribution in [1.29, 1.82) is 5.26 Å². The van der Waals surface area contributed by atoms with Gasteiger partial charge >= 0.3 is 5.51 Å². The van der Waals surface area contributed by atoms with Crippen molar-refractivity contribution in [3.8, 4) is 17.2 Å². The highest BCUT2D eigenvalue weighted by atomic mass is 32.2. The van der Waals surface area contributed by atoms with E-state index in [0.29, 0.717) is 16.7 Å². The summed E-state index contributed by atoms with van der Waals surface area (Å²) >= 11 is 0. The fourth-order valence-electron chi connectivity index (χ4n) is 3.80. The van der Waals surface area contributed by atoms with Crippen molar-refractivity contribution in [2.75, 3.05) is 13.2 Å². The molecule has 29 heavy (non-hydrogen) atoms. The average Bonchev–Trinajstić information content (AvgIpc) is 3.29. The minimum atomic E-state index is -5.65. The van der Waals surface area contributed by atoms with Crippen molar-refractivity contribution in [2.24, 2.45) is 0 Å². The van der Waals surface area contributed by atoms with Gasteiger partial charge in [-0.05, 0) is 35.2 Å². The number of nitrogens with zero attached hydrogens (tertiary/aromatic N) is 1. The highest BCUT2D eigenvalue weighted by Crippen LogP contribution is 2.50. The molecule has 2 aromatic rings. The maximum Gasteiger partial charge on any atom is 0.501 e. The molecule has 1 fully saturated rings. The normalized spacial score (nSPS) is 18.0. The summed E-state index contributed by atoms with van der Waals surface area (Å²) < 4.78 is 75.4. The lowest BCUT2D eigenvalue weighted by molar-refractivity contribution is -0.164. The fraction of sp³-hybridized carbons (Fsp3) is 0.333. The van der Waals surface area contributed by atoms with Crippen LogP contribution in [0.3, 0.4) is 0 Å². The summed E-state index contributed by atoms with van der Waals surface area (Å²) in [5.74, 6) is -1.57. The number of alkyl halides is 3. The van der Waals surface area contributed by atoms with Crippen LogP contribution in [-0.4, -0.2) is 32.1 Å². The highest BCUT2D eigenvalue weighted by Gasteiger charge is 2.54. The Labute approximate surface area is 162 Å². The van der Waals surface area contributed by atoms with E-state index in [1.807, 2.05) is 0 Å². The number of pyridine rings is 1. The van der Waals surface area contributed by atoms with Gasteiger partial charge in [0.15, 0.2) is 5.79 Å². The Kier molecular flexibility index (Phi) is 4.34. The molecule has 0 radical (unpaired) electrons. The number of halogens is 3. The van der Waals surface area contributed by atoms with Gasteiger partial charge in [0, 0.05) is 18.2 Å². The van der Waals surface area contributed by atoms with E-state index < -0.39 is 31.6 Å². The van der Waals surface area contributed by atoms with E-state index in [4.69, 9.17) is 14.7 Å². The first kappa shape index (κ1) is 19.6. The second kappa shape index (κ2) is 6.41. The van der Waals surface area contributed by atoms with Gasteiger partial charge in [-0.15, -0.1) is 0 Å². The number of hydrogen-bond acceptors (Lipinski definition) is 6. The zero-order valence-electron chi connectivity index (χ0n) is 14.7. The molecule has 1 aromatic carbocycles. The molecule has 152 valence electrons. The molecular formula is C18H13F3N2O5S. The van der Waals surface area contributed by atoms with Gasteiger partial charge in [-0.3, -0.25) is 4.79 Å². The smallest absolute Gasteiger partial charge is 0.343 e. The minimum absolute atomic E-state index is 0.117. The van der Waals surface area contributed by atoms with Gasteiger partial charge in [0.2, 0.25) is 0 Å². The monoisotopic (exact) mass is 426 g/mol. The third kappa shape index (κ3) is 2.87. The molecule has 1 saturated heterocycles. The van der Waals surface area contributed by atoms with Gasteiger partial charge in [-0.1, -0.05) is 6.07 Å². The number of benzene rings is 1. The van der Waals surface area contributed by atoms with Crippen LogP contribution >= 0.6 is 0 Å². The van der Waals surface area contributed by atoms with Gasteiger partial charge in [0.1, 0.15) is 11.6 Å². The van der Waals surface area contributed by atoms with E-state index >= 15 is 0 Å². The summed E-state index contributed by atoms with van der Waals surface area (Å²) in [4.78, 5) is 13.1. The molecule has 0 bridgehead atoms. The Hall–Kier alpha value is -2.68. The topological polar surface area (TPSA) is 109 Å². The number of nitrogens with one attached hydrogen (secondary N) is 1. The number of aromatic nitrogens is 1. The van der Waals surface area contributed by atoms with E-state index in [1.54, 1.807) is 6.07 Å². The zero-order valence-corrected chi connectivity index (χ0v) is 15.5. The van der Waals surface area contributed by atoms with Crippen molar-refractivity contribution >= 4 is 9.84 Å². The number of aromatic amines is 1. The Morgan fingerprint density at radius 1 is 1.21 bits per heavy atom. The third-order valence-electron chi connectivity index (χ3n) is 5.04. The summed E-state index contributed by atoms with van der Waals surface area (Å²) in [5, 5.41) is 9.08. The molecular weight excluding hydrogens is 413 g/mol. The lowest BCUT2D eigenvalue weighted by atomic mass is 9.96. The quantitative estimate of drug-likeness (QED) is 0.790. The zero-order chi connectivity index (χ0) is 21.0. The number of sulfone groups is 1. The SMILES string of the molecule is N#Cc1cc(-c2ccc(S(=O)(=O)C(F)(F)F)c3c2CCC32OCCO2)c[nH]c1=O. The first-order valence-electron chi connectivity index (χ1n) is 8.49. The summed E-state index contributed by atoms with van der Waals surface area (Å²) in [6.45, 7) is 0.235. The van der Waals surface area contributed by atoms with Gasteiger partial charge in [-0.25, -0.2) is 8.42 Å². The molecule has 11 heteroatoms. The van der Waals surface area contributed by atoms with Crippen LogP contribution in [0.15, 0.2) is 34.1 Å². The van der Waals surface area contributed by atoms with E-state index in [0.717, 1.165) is 6.07 Å². The number of hydrogen-bond donors (Lipinski definition) is 1. The van der Waals surface area contributed by atoms with Crippen LogP contribution in [-0.2, 0) is 31.5 Å². The molecule has 2 heterocycles. The molecule has 0 saturated carbocycles. The van der Waals surface area contributed by atoms with E-state index in [1.165, 1.54) is 18.3 Å². The van der Waals surface area contributed by atoms with Gasteiger partial charge < -0.3 is 14.5 Å². The molecule has 1 aliphatic heterocycles. The third-order valence-corrected chi connectivity index (χ3v) is 6.57. The Morgan fingerprint density at radius 3 is 2.52 bits per heavy atom. The number of ether oxygens (including phenoxy) is 2. The first-order valence-corrected chi connectivity index (χ1v) is 9.98. The van der Waals surface area contributed by atoms with Crippen LogP contribution < -0.4 is 5.56 Å². The van der Waals surface area contributed by atoms with Crippen molar-refractivity contribution < 1.29 is 31.1 Å². The standard InChI is InChI=1S/C18H13F3N2O5S/c19-18(20,21)29(25,26)14-2-1-12(11-7-10(8-22)16(24)23-9-11)13-3-4-17(15(13)14)27-5-6-28-17/h1-2,7,9H,3-6H2,(H,23,24). The molecule has 1 spiro atoms. The molecule has 2 aliphatic rings. The van der Waals surface area contributed by atoms with Crippen LogP contribution in [0.2, 0.25) is 0 Å². The summed E-state index contributed by atoms with van der Waals surface area (Å²) in [7, 11) is -5.65. The van der Waals surface area contributed by atoms with Crippen molar-refractivity contribution in [1.82, 2.24) is 4.98 Å². The molecule has 0 amide bonds. The summed E-state index contributed by atoms with van der Waals surface area (Å²) in [6, 6.07) is 5.14. The van der Waals surface area contributed by atoms with Crippen molar-refractivity contribution in [3.63, 3.8) is 0 Å². The predicted octanol–water partition coefficient (Wildman–Crippen LogP) is 2.35. The van der Waals surface area contributed by atoms with Crippen LogP contribution in [0.5, 0.6) is 0 Å². The highest BCUT2D eigenvalue weighted by molar-refractivity contribution is 7.92. The van der Waals surface area contributed by atoms with Crippen LogP contribution in [0.1, 0.15) is 23.1 Å². The molecule has 1 N–H and O–H groups in total. The van der Waals surface area contributed by atoms with Crippen LogP contribution in [0, 0.1) is 11.3 Å². The van der Waals surface area contributed by atoms with E-state index in [9.17, 15) is 26.4 Å². The molecule has 0 atom stereocenters. The van der Waals surface area contributed by atoms with Gasteiger partial charge in [0.25, 0.3) is 15.4 Å². The van der Waals surface area contributed by atoms with Gasteiger partial charge in [-0.2, -0.15) is 18.4 Å². The van der Waals surface area contributed by atoms with Crippen LogP contribution in [0.4, 0.5) is 13.2 Å². The summed E-state index contributed by atoms with van der Waals surface area (Å²) in [5.41, 5.74) is -5.38. The minimum Gasteiger partial charge on any atom is -0.343 e. The molecule has 7 nitrogen and oxygen atoms in total. The average molecular weight is 426 g/mol. The summed E-state index contributed by atoms with van der Waals surface area (Å²) in [6.07, 6.45) is 1.67. The number of nitriles is 1. The maximum atomic E-state index is 13.3. The second-order valence-corrected chi connectivity index (χ2v) is 8.52. The van der Waals surface area contributed by atoms with E-state index in [-0.39, 0.29) is 37.2 Å². The Balaban J connectivity index is 2.01. The number of H-pyrrole nitrogens is 1. The molecule has 4 rings (SSSR count). The van der Waals surface area contributed by atoms with Crippen LogP contribution in [0.25, 0.3) is 11.1 Å². The lowest BCUT2D eigenvalue weighted by Gasteiger charge is -2.26. The number of rotatable bonds is 2. The predicted molar refractivity (Wildman–Crippen MR) is 92.4 cm³/mol. The Morgan fingerprint density at radius 2 is 1.90 bits per heavy atom. The number of fused-ring (bicyclic) bond motifs is 2. The molecule has 1 aromatic heterocycles. The largest absolute Gasteiger partial charge is 0.501 e. The maximum absolute atomic E-state index is 13.3. The molecule has 0 unspecified atom stereocenters. The first-order chi connectivity index (χ1) is 13.6. The molecule has 1 aliphatic carbocycles. The second-order valence-electron chi connectivity index (χ2n) is 6.61. The fourth-order valence-corrected chi connectivity index (χ4v) is 4.85. The lowest BCUT2D eigenvalue weighted by Crippen LogP contribution is -2.30. The Bertz CT molecular complexity index is 1210. The van der Waals surface area contributed by atoms with Crippen molar-refractivity contribution in [2.45, 2.75) is 29.0 Å². The van der Waals surface area contributed by atoms with E-state index in [2.05, 4.69) is 4.98 Å².